The number of aromatic nitrogens is 1. The van der Waals surface area contributed by atoms with E-state index in [4.69, 9.17) is 9.52 Å². The third-order valence-corrected chi connectivity index (χ3v) is 2.73. The Balaban J connectivity index is 0.000000816. The standard InChI is InChI=1S/C14H12F3NO2.C3H8/c1-8-3-4-10(6-12(8)14(15,16)17)13-18-11(7-20-13)5-9(2)19;1-3-2/h3-4,6-7,19H,2,5H2,1H3;3H2,1-2H3. The van der Waals surface area contributed by atoms with Crippen molar-refractivity contribution in [3.63, 3.8) is 0 Å². The third-order valence-electron chi connectivity index (χ3n) is 2.73. The van der Waals surface area contributed by atoms with Crippen molar-refractivity contribution in [2.75, 3.05) is 0 Å². The average Bonchev–Trinajstić information content (AvgIpc) is 2.86. The normalized spacial score (nSPS) is 10.9. The minimum absolute atomic E-state index is 0.0757. The lowest BCUT2D eigenvalue weighted by Gasteiger charge is -2.10. The number of aryl methyl sites for hydroxylation is 1. The lowest BCUT2D eigenvalue weighted by atomic mass is 10.0. The summed E-state index contributed by atoms with van der Waals surface area (Å²) in [6.07, 6.45) is -1.79. The first kappa shape index (κ1) is 18.8. The molecule has 0 atom stereocenters. The third kappa shape index (κ3) is 5.47. The van der Waals surface area contributed by atoms with E-state index in [-0.39, 0.29) is 29.2 Å². The molecule has 0 saturated carbocycles. The molecule has 0 aliphatic rings. The minimum Gasteiger partial charge on any atom is -0.513 e. The Morgan fingerprint density at radius 1 is 1.30 bits per heavy atom. The fourth-order valence-electron chi connectivity index (χ4n) is 1.79. The number of oxazole rings is 1. The average molecular weight is 327 g/mol. The molecule has 126 valence electrons. The summed E-state index contributed by atoms with van der Waals surface area (Å²) in [6.45, 7) is 8.96. The first-order chi connectivity index (χ1) is 10.7. The van der Waals surface area contributed by atoms with Crippen LogP contribution in [0.3, 0.4) is 0 Å². The highest BCUT2D eigenvalue weighted by Gasteiger charge is 2.32. The second-order valence-electron chi connectivity index (χ2n) is 5.12. The van der Waals surface area contributed by atoms with Crippen LogP contribution in [0.1, 0.15) is 37.1 Å². The lowest BCUT2D eigenvalue weighted by molar-refractivity contribution is -0.138. The summed E-state index contributed by atoms with van der Waals surface area (Å²) in [5, 5.41) is 9.05. The van der Waals surface area contributed by atoms with E-state index in [2.05, 4.69) is 25.4 Å². The molecule has 1 N–H and O–H groups in total. The molecule has 0 spiro atoms. The quantitative estimate of drug-likeness (QED) is 0.736. The maximum absolute atomic E-state index is 12.8. The number of halogens is 3. The number of allylic oxidation sites excluding steroid dienone is 1. The first-order valence-electron chi connectivity index (χ1n) is 7.18. The van der Waals surface area contributed by atoms with Crippen LogP contribution in [-0.4, -0.2) is 10.1 Å². The number of hydrogen-bond acceptors (Lipinski definition) is 3. The van der Waals surface area contributed by atoms with E-state index in [0.29, 0.717) is 5.69 Å². The Morgan fingerprint density at radius 3 is 2.43 bits per heavy atom. The van der Waals surface area contributed by atoms with Gasteiger partial charge in [-0.15, -0.1) is 0 Å². The van der Waals surface area contributed by atoms with Gasteiger partial charge in [0.05, 0.1) is 17.0 Å². The van der Waals surface area contributed by atoms with Crippen molar-refractivity contribution >= 4 is 0 Å². The van der Waals surface area contributed by atoms with Crippen molar-refractivity contribution in [2.45, 2.75) is 39.8 Å². The van der Waals surface area contributed by atoms with Crippen molar-refractivity contribution in [1.82, 2.24) is 4.98 Å². The van der Waals surface area contributed by atoms with Crippen molar-refractivity contribution in [2.24, 2.45) is 0 Å². The molecule has 0 saturated heterocycles. The largest absolute Gasteiger partial charge is 0.513 e. The molecule has 1 aromatic heterocycles. The van der Waals surface area contributed by atoms with Gasteiger partial charge in [-0.1, -0.05) is 32.9 Å². The summed E-state index contributed by atoms with van der Waals surface area (Å²) in [5.74, 6) is -0.0171. The molecule has 2 rings (SSSR count). The molecular weight excluding hydrogens is 307 g/mol. The van der Waals surface area contributed by atoms with Gasteiger partial charge < -0.3 is 9.52 Å². The molecule has 0 aliphatic heterocycles. The van der Waals surface area contributed by atoms with Crippen LogP contribution in [0.5, 0.6) is 0 Å². The maximum Gasteiger partial charge on any atom is 0.416 e. The van der Waals surface area contributed by atoms with E-state index >= 15 is 0 Å². The van der Waals surface area contributed by atoms with Crippen LogP contribution in [0, 0.1) is 6.92 Å². The Hall–Kier alpha value is -2.24. The number of hydrogen-bond donors (Lipinski definition) is 1. The number of benzene rings is 1. The zero-order valence-corrected chi connectivity index (χ0v) is 13.4. The summed E-state index contributed by atoms with van der Waals surface area (Å²) in [5.41, 5.74) is 0.0532. The highest BCUT2D eigenvalue weighted by molar-refractivity contribution is 5.56. The highest BCUT2D eigenvalue weighted by atomic mass is 19.4. The number of rotatable bonds is 3. The molecule has 1 heterocycles. The second kappa shape index (κ2) is 7.85. The Kier molecular flexibility index (Phi) is 6.42. The highest BCUT2D eigenvalue weighted by Crippen LogP contribution is 2.34. The van der Waals surface area contributed by atoms with Gasteiger partial charge in [-0.3, -0.25) is 0 Å². The van der Waals surface area contributed by atoms with Gasteiger partial charge in [-0.25, -0.2) is 4.98 Å². The lowest BCUT2D eigenvalue weighted by Crippen LogP contribution is -2.07. The van der Waals surface area contributed by atoms with Crippen LogP contribution in [-0.2, 0) is 12.6 Å². The van der Waals surface area contributed by atoms with Crippen LogP contribution in [0.25, 0.3) is 11.5 Å². The van der Waals surface area contributed by atoms with Crippen LogP contribution >= 0.6 is 0 Å². The van der Waals surface area contributed by atoms with Gasteiger partial charge in [0.15, 0.2) is 0 Å². The van der Waals surface area contributed by atoms with Crippen LogP contribution in [0.2, 0.25) is 0 Å². The Bertz CT molecular complexity index is 660. The van der Waals surface area contributed by atoms with Gasteiger partial charge in [0.25, 0.3) is 0 Å². The SMILES string of the molecule is C=C(O)Cc1coc(-c2ccc(C)c(C(F)(F)F)c2)n1.CCC. The van der Waals surface area contributed by atoms with Crippen molar-refractivity contribution in [3.8, 4) is 11.5 Å². The van der Waals surface area contributed by atoms with Crippen molar-refractivity contribution < 1.29 is 22.7 Å². The predicted octanol–water partition coefficient (Wildman–Crippen LogP) is 5.70. The topological polar surface area (TPSA) is 46.3 Å². The van der Waals surface area contributed by atoms with Gasteiger partial charge in [0, 0.05) is 12.0 Å². The van der Waals surface area contributed by atoms with Gasteiger partial charge in [0.2, 0.25) is 5.89 Å². The fraction of sp³-hybridized carbons (Fsp3) is 0.353. The van der Waals surface area contributed by atoms with Crippen molar-refractivity contribution in [1.29, 1.82) is 0 Å². The molecule has 0 bridgehead atoms. The molecule has 3 nitrogen and oxygen atoms in total. The zero-order valence-electron chi connectivity index (χ0n) is 13.4. The van der Waals surface area contributed by atoms with Gasteiger partial charge in [0.1, 0.15) is 6.26 Å². The Labute approximate surface area is 133 Å². The van der Waals surface area contributed by atoms with E-state index in [9.17, 15) is 13.2 Å². The number of aliphatic hydroxyl groups excluding tert-OH is 1. The number of alkyl halides is 3. The van der Waals surface area contributed by atoms with Crippen LogP contribution < -0.4 is 0 Å². The van der Waals surface area contributed by atoms with Crippen LogP contribution in [0.15, 0.2) is 41.2 Å². The summed E-state index contributed by atoms with van der Waals surface area (Å²) in [4.78, 5) is 4.02. The predicted molar refractivity (Wildman–Crippen MR) is 83.1 cm³/mol. The maximum atomic E-state index is 12.8. The van der Waals surface area contributed by atoms with Gasteiger partial charge in [-0.2, -0.15) is 13.2 Å². The fourth-order valence-corrected chi connectivity index (χ4v) is 1.79. The molecule has 0 unspecified atom stereocenters. The number of nitrogens with zero attached hydrogens (tertiary/aromatic N) is 1. The van der Waals surface area contributed by atoms with Gasteiger partial charge >= 0.3 is 6.18 Å². The first-order valence-corrected chi connectivity index (χ1v) is 7.18. The van der Waals surface area contributed by atoms with E-state index in [0.717, 1.165) is 6.07 Å². The summed E-state index contributed by atoms with van der Waals surface area (Å²) >= 11 is 0. The minimum atomic E-state index is -4.42. The zero-order chi connectivity index (χ0) is 17.6. The van der Waals surface area contributed by atoms with Gasteiger partial charge in [-0.05, 0) is 24.6 Å². The molecular formula is C17H20F3NO2. The van der Waals surface area contributed by atoms with E-state index in [1.165, 1.54) is 31.7 Å². The monoisotopic (exact) mass is 327 g/mol. The molecule has 0 fully saturated rings. The molecule has 1 aromatic carbocycles. The summed E-state index contributed by atoms with van der Waals surface area (Å²) < 4.78 is 43.6. The molecule has 23 heavy (non-hydrogen) atoms. The molecule has 6 heteroatoms. The molecule has 0 aliphatic carbocycles. The Morgan fingerprint density at radius 2 is 1.91 bits per heavy atom. The van der Waals surface area contributed by atoms with E-state index < -0.39 is 11.7 Å². The van der Waals surface area contributed by atoms with Crippen LogP contribution in [0.4, 0.5) is 13.2 Å². The second-order valence-corrected chi connectivity index (χ2v) is 5.12. The summed E-state index contributed by atoms with van der Waals surface area (Å²) in [7, 11) is 0. The van der Waals surface area contributed by atoms with Crippen molar-refractivity contribution in [3.05, 3.63) is 53.6 Å². The smallest absolute Gasteiger partial charge is 0.416 e. The molecule has 0 radical (unpaired) electrons. The number of aliphatic hydroxyl groups is 1. The molecule has 0 amide bonds. The van der Waals surface area contributed by atoms with E-state index in [1.807, 2.05) is 0 Å². The summed E-state index contributed by atoms with van der Waals surface area (Å²) in [6, 6.07) is 3.87. The molecule has 2 aromatic rings. The van der Waals surface area contributed by atoms with E-state index in [1.54, 1.807) is 0 Å².